The van der Waals surface area contributed by atoms with E-state index < -0.39 is 0 Å². The molecule has 1 aromatic carbocycles. The summed E-state index contributed by atoms with van der Waals surface area (Å²) in [6, 6.07) is 1.96. The molecule has 0 atom stereocenters. The Morgan fingerprint density at radius 3 is 2.90 bits per heavy atom. The smallest absolute Gasteiger partial charge is 0.339 e. The number of imidazole rings is 1. The number of halogens is 1. The van der Waals surface area contributed by atoms with Crippen LogP contribution >= 0.6 is 15.9 Å². The Bertz CT molecular complexity index is 996. The molecule has 4 rings (SSSR count). The summed E-state index contributed by atoms with van der Waals surface area (Å²) in [6.45, 7) is 2.92. The van der Waals surface area contributed by atoms with Gasteiger partial charge in [-0.3, -0.25) is 9.79 Å². The van der Waals surface area contributed by atoms with Gasteiger partial charge in [-0.15, -0.1) is 0 Å². The van der Waals surface area contributed by atoms with Crippen molar-refractivity contribution in [1.82, 2.24) is 9.55 Å². The van der Waals surface area contributed by atoms with Gasteiger partial charge >= 0.3 is 5.97 Å². The molecule has 2 aromatic rings. The first-order chi connectivity index (χ1) is 14.1. The van der Waals surface area contributed by atoms with Crippen LogP contribution in [0.2, 0.25) is 0 Å². The number of anilines is 1. The number of Topliss-reactive ketones (excluding diaryl/α,β-unsaturated/α-hetero) is 1. The second-order valence-corrected chi connectivity index (χ2v) is 8.00. The predicted octanol–water partition coefficient (Wildman–Crippen LogP) is 3.58. The Kier molecular flexibility index (Phi) is 5.80. The molecule has 0 amide bonds. The number of esters is 1. The van der Waals surface area contributed by atoms with Crippen molar-refractivity contribution in [2.45, 2.75) is 45.6 Å². The molecule has 0 spiro atoms. The molecule has 1 aliphatic carbocycles. The van der Waals surface area contributed by atoms with Gasteiger partial charge in [0.25, 0.3) is 0 Å². The molecule has 29 heavy (non-hydrogen) atoms. The van der Waals surface area contributed by atoms with Crippen LogP contribution in [0.1, 0.15) is 57.3 Å². The fraction of sp³-hybridized carbons (Fsp3) is 0.429. The largest absolute Gasteiger partial charge is 0.462 e. The average Bonchev–Trinajstić information content (AvgIpc) is 3.04. The molecule has 2 heterocycles. The molecule has 152 valence electrons. The number of benzene rings is 1. The van der Waals surface area contributed by atoms with Crippen LogP contribution in [0.25, 0.3) is 0 Å². The van der Waals surface area contributed by atoms with Crippen LogP contribution in [0, 0.1) is 0 Å². The van der Waals surface area contributed by atoms with Gasteiger partial charge in [-0.1, -0.05) is 0 Å². The molecule has 2 aliphatic rings. The molecule has 0 fully saturated rings. The summed E-state index contributed by atoms with van der Waals surface area (Å²) in [5.41, 5.74) is 4.72. The number of rotatable bonds is 5. The number of aryl methyl sites for hydroxylation is 2. The lowest BCUT2D eigenvalue weighted by Crippen LogP contribution is -2.15. The SMILES string of the molecule is CCOC(=O)c1cc(CCn2cnc3c2NC=NCC3=O)c2c(c1Br)CCCC2. The van der Waals surface area contributed by atoms with Gasteiger partial charge in [0.1, 0.15) is 12.4 Å². The number of fused-ring (bicyclic) bond motifs is 2. The highest BCUT2D eigenvalue weighted by atomic mass is 79.9. The first-order valence-electron chi connectivity index (χ1n) is 9.93. The van der Waals surface area contributed by atoms with Crippen molar-refractivity contribution in [2.24, 2.45) is 4.99 Å². The van der Waals surface area contributed by atoms with Gasteiger partial charge < -0.3 is 14.6 Å². The van der Waals surface area contributed by atoms with Crippen molar-refractivity contribution in [3.63, 3.8) is 0 Å². The van der Waals surface area contributed by atoms with Crippen molar-refractivity contribution >= 4 is 39.8 Å². The maximum absolute atomic E-state index is 12.5. The number of aromatic nitrogens is 2. The molecular weight excluding hydrogens is 436 g/mol. The Hall–Kier alpha value is -2.48. The molecule has 1 aliphatic heterocycles. The summed E-state index contributed by atoms with van der Waals surface area (Å²) >= 11 is 3.65. The molecule has 0 unspecified atom stereocenters. The number of nitrogens with one attached hydrogen (secondary N) is 1. The average molecular weight is 459 g/mol. The third-order valence-corrected chi connectivity index (χ3v) is 6.33. The van der Waals surface area contributed by atoms with Gasteiger partial charge in [-0.2, -0.15) is 0 Å². The fourth-order valence-corrected chi connectivity index (χ4v) is 4.74. The van der Waals surface area contributed by atoms with Gasteiger partial charge in [-0.05, 0) is 77.7 Å². The highest BCUT2D eigenvalue weighted by Crippen LogP contribution is 2.35. The summed E-state index contributed by atoms with van der Waals surface area (Å²) in [6.07, 6.45) is 8.21. The van der Waals surface area contributed by atoms with E-state index in [-0.39, 0.29) is 18.3 Å². The number of aliphatic imine (C=N–C) groups is 1. The second kappa shape index (κ2) is 8.49. The third-order valence-electron chi connectivity index (χ3n) is 5.42. The Labute approximate surface area is 177 Å². The minimum Gasteiger partial charge on any atom is -0.462 e. The highest BCUT2D eigenvalue weighted by molar-refractivity contribution is 9.10. The fourth-order valence-electron chi connectivity index (χ4n) is 4.03. The van der Waals surface area contributed by atoms with E-state index in [1.165, 1.54) is 11.1 Å². The molecule has 0 saturated heterocycles. The zero-order valence-corrected chi connectivity index (χ0v) is 17.9. The van der Waals surface area contributed by atoms with Gasteiger partial charge in [0.2, 0.25) is 5.78 Å². The maximum atomic E-state index is 12.5. The number of ether oxygens (including phenoxy) is 1. The van der Waals surface area contributed by atoms with Crippen LogP contribution < -0.4 is 5.32 Å². The van der Waals surface area contributed by atoms with Crippen molar-refractivity contribution in [1.29, 1.82) is 0 Å². The molecule has 1 N–H and O–H groups in total. The van der Waals surface area contributed by atoms with Gasteiger partial charge in [-0.25, -0.2) is 9.78 Å². The molecule has 7 nitrogen and oxygen atoms in total. The molecule has 1 aromatic heterocycles. The molecule has 8 heteroatoms. The lowest BCUT2D eigenvalue weighted by Gasteiger charge is -2.23. The van der Waals surface area contributed by atoms with Crippen molar-refractivity contribution in [2.75, 3.05) is 18.5 Å². The number of nitrogens with zero attached hydrogens (tertiary/aromatic N) is 3. The topological polar surface area (TPSA) is 85.6 Å². The standard InChI is InChI=1S/C21H23BrN4O3/c1-2-29-21(28)16-9-13(14-5-3-4-6-15(14)18(16)22)7-8-26-12-25-19-17(27)10-23-11-24-20(19)26/h9,11-12H,2-8,10H2,1H3,(H,23,24). The molecule has 0 radical (unpaired) electrons. The highest BCUT2D eigenvalue weighted by Gasteiger charge is 2.24. The second-order valence-electron chi connectivity index (χ2n) is 7.20. The molecule has 0 saturated carbocycles. The van der Waals surface area contributed by atoms with Crippen LogP contribution in [0.4, 0.5) is 5.82 Å². The monoisotopic (exact) mass is 458 g/mol. The van der Waals surface area contributed by atoms with Crippen molar-refractivity contribution in [3.8, 4) is 0 Å². The quantitative estimate of drug-likeness (QED) is 0.691. The van der Waals surface area contributed by atoms with E-state index in [4.69, 9.17) is 4.74 Å². The first-order valence-corrected chi connectivity index (χ1v) is 10.7. The van der Waals surface area contributed by atoms with E-state index in [2.05, 4.69) is 31.2 Å². The maximum Gasteiger partial charge on any atom is 0.339 e. The molecular formula is C21H23BrN4O3. The van der Waals surface area contributed by atoms with Crippen LogP contribution in [0.3, 0.4) is 0 Å². The summed E-state index contributed by atoms with van der Waals surface area (Å²) < 4.78 is 8.07. The summed E-state index contributed by atoms with van der Waals surface area (Å²) in [7, 11) is 0. The minimum atomic E-state index is -0.297. The number of ketones is 1. The van der Waals surface area contributed by atoms with Crippen LogP contribution in [-0.2, 0) is 30.5 Å². The van der Waals surface area contributed by atoms with Crippen LogP contribution in [0.5, 0.6) is 0 Å². The van der Waals surface area contributed by atoms with E-state index in [0.29, 0.717) is 30.2 Å². The normalized spacial score (nSPS) is 15.3. The third kappa shape index (κ3) is 3.85. The number of hydrogen-bond donors (Lipinski definition) is 1. The van der Waals surface area contributed by atoms with Gasteiger partial charge in [0, 0.05) is 11.0 Å². The zero-order valence-electron chi connectivity index (χ0n) is 16.3. The predicted molar refractivity (Wildman–Crippen MR) is 114 cm³/mol. The van der Waals surface area contributed by atoms with Crippen molar-refractivity contribution in [3.05, 3.63) is 44.8 Å². The van der Waals surface area contributed by atoms with Crippen molar-refractivity contribution < 1.29 is 14.3 Å². The van der Waals surface area contributed by atoms with E-state index in [9.17, 15) is 9.59 Å². The first kappa shape index (κ1) is 19.8. The van der Waals surface area contributed by atoms with Crippen LogP contribution in [-0.4, -0.2) is 40.8 Å². The Balaban J connectivity index is 1.65. The van der Waals surface area contributed by atoms with E-state index >= 15 is 0 Å². The number of carbonyl (C=O) groups excluding carboxylic acids is 2. The van der Waals surface area contributed by atoms with Gasteiger partial charge in [0.05, 0.1) is 24.8 Å². The summed E-state index contributed by atoms with van der Waals surface area (Å²) in [4.78, 5) is 32.9. The Morgan fingerprint density at radius 1 is 1.31 bits per heavy atom. The van der Waals surface area contributed by atoms with E-state index in [1.807, 2.05) is 17.6 Å². The lowest BCUT2D eigenvalue weighted by molar-refractivity contribution is 0.0524. The van der Waals surface area contributed by atoms with E-state index in [0.717, 1.165) is 42.1 Å². The molecule has 0 bridgehead atoms. The minimum absolute atomic E-state index is 0.0920. The number of carbonyl (C=O) groups is 2. The number of hydrogen-bond acceptors (Lipinski definition) is 6. The van der Waals surface area contributed by atoms with Crippen LogP contribution in [0.15, 0.2) is 21.9 Å². The Morgan fingerprint density at radius 2 is 2.10 bits per heavy atom. The summed E-state index contributed by atoms with van der Waals surface area (Å²) in [5.74, 6) is 0.285. The zero-order chi connectivity index (χ0) is 20.4. The lowest BCUT2D eigenvalue weighted by atomic mass is 9.85. The van der Waals surface area contributed by atoms with E-state index in [1.54, 1.807) is 12.7 Å². The summed E-state index contributed by atoms with van der Waals surface area (Å²) in [5, 5.41) is 3.06. The van der Waals surface area contributed by atoms with Gasteiger partial charge in [0.15, 0.2) is 5.69 Å².